The predicted molar refractivity (Wildman–Crippen MR) is 62.1 cm³/mol. The molecule has 0 saturated carbocycles. The van der Waals surface area contributed by atoms with Crippen molar-refractivity contribution >= 4 is 17.7 Å². The third kappa shape index (κ3) is 3.72. The lowest BCUT2D eigenvalue weighted by Crippen LogP contribution is -2.45. The molecule has 1 fully saturated rings. The first-order chi connectivity index (χ1) is 8.06. The summed E-state index contributed by atoms with van der Waals surface area (Å²) in [5, 5.41) is 5.13. The smallest absolute Gasteiger partial charge is 0.242 e. The number of amides is 3. The van der Waals surface area contributed by atoms with Crippen molar-refractivity contribution in [2.24, 2.45) is 0 Å². The number of nitrogens with one attached hydrogen (secondary N) is 2. The highest BCUT2D eigenvalue weighted by Crippen LogP contribution is 2.18. The Morgan fingerprint density at radius 3 is 2.65 bits per heavy atom. The fourth-order valence-electron chi connectivity index (χ4n) is 1.99. The van der Waals surface area contributed by atoms with E-state index in [1.165, 1.54) is 6.92 Å². The molecule has 1 atom stereocenters. The van der Waals surface area contributed by atoms with Crippen molar-refractivity contribution in [1.29, 1.82) is 0 Å². The molecule has 3 amide bonds. The van der Waals surface area contributed by atoms with Gasteiger partial charge in [0.1, 0.15) is 6.04 Å². The van der Waals surface area contributed by atoms with E-state index in [0.717, 1.165) is 6.42 Å². The summed E-state index contributed by atoms with van der Waals surface area (Å²) in [6, 6.07) is -0.343. The van der Waals surface area contributed by atoms with E-state index in [1.54, 1.807) is 11.9 Å². The van der Waals surface area contributed by atoms with Gasteiger partial charge in [0.15, 0.2) is 0 Å². The van der Waals surface area contributed by atoms with E-state index in [-0.39, 0.29) is 30.2 Å². The van der Waals surface area contributed by atoms with Crippen LogP contribution in [0.15, 0.2) is 0 Å². The Hall–Kier alpha value is -1.59. The first-order valence-corrected chi connectivity index (χ1v) is 5.81. The van der Waals surface area contributed by atoms with Gasteiger partial charge in [0.2, 0.25) is 17.7 Å². The molecule has 1 aliphatic heterocycles. The Bertz CT molecular complexity index is 317. The fourth-order valence-corrected chi connectivity index (χ4v) is 1.99. The Morgan fingerprint density at radius 2 is 2.06 bits per heavy atom. The van der Waals surface area contributed by atoms with Crippen LogP contribution in [0.25, 0.3) is 0 Å². The Kier molecular flexibility index (Phi) is 4.93. The Labute approximate surface area is 101 Å². The van der Waals surface area contributed by atoms with Crippen LogP contribution in [0.1, 0.15) is 26.2 Å². The minimum atomic E-state index is -0.343. The first kappa shape index (κ1) is 13.5. The van der Waals surface area contributed by atoms with E-state index >= 15 is 0 Å². The molecule has 0 aromatic rings. The molecule has 6 nitrogen and oxygen atoms in total. The number of rotatable bonds is 4. The lowest BCUT2D eigenvalue weighted by Gasteiger charge is -2.23. The van der Waals surface area contributed by atoms with Gasteiger partial charge in [-0.05, 0) is 12.8 Å². The molecule has 1 saturated heterocycles. The van der Waals surface area contributed by atoms with Gasteiger partial charge in [-0.3, -0.25) is 14.4 Å². The van der Waals surface area contributed by atoms with Crippen LogP contribution in [0, 0.1) is 0 Å². The second kappa shape index (κ2) is 6.22. The normalized spacial score (nSPS) is 18.9. The van der Waals surface area contributed by atoms with Gasteiger partial charge in [0, 0.05) is 33.5 Å². The van der Waals surface area contributed by atoms with Crippen molar-refractivity contribution in [2.45, 2.75) is 32.2 Å². The Morgan fingerprint density at radius 1 is 1.35 bits per heavy atom. The van der Waals surface area contributed by atoms with E-state index in [1.807, 2.05) is 0 Å². The second-order valence-electron chi connectivity index (χ2n) is 4.09. The molecule has 1 aliphatic rings. The minimum absolute atomic E-state index is 0.0788. The zero-order valence-corrected chi connectivity index (χ0v) is 10.3. The van der Waals surface area contributed by atoms with Crippen LogP contribution in [-0.4, -0.2) is 48.8 Å². The number of carbonyl (C=O) groups is 3. The number of carbonyl (C=O) groups excluding carboxylic acids is 3. The van der Waals surface area contributed by atoms with Gasteiger partial charge < -0.3 is 15.5 Å². The van der Waals surface area contributed by atoms with E-state index in [9.17, 15) is 14.4 Å². The lowest BCUT2D eigenvalue weighted by molar-refractivity contribution is -0.138. The van der Waals surface area contributed by atoms with Crippen LogP contribution in [-0.2, 0) is 14.4 Å². The summed E-state index contributed by atoms with van der Waals surface area (Å²) in [5.41, 5.74) is 0. The maximum Gasteiger partial charge on any atom is 0.242 e. The zero-order chi connectivity index (χ0) is 12.8. The standard InChI is InChI=1S/C11H19N3O3/c1-8(15)13-6-5-10(16)14-7-3-4-9(14)11(17)12-2/h9H,3-7H2,1-2H3,(H,12,17)(H,13,15)/t9-/m0/s1. The van der Waals surface area contributed by atoms with Crippen LogP contribution in [0.5, 0.6) is 0 Å². The summed E-state index contributed by atoms with van der Waals surface area (Å²) in [4.78, 5) is 35.7. The van der Waals surface area contributed by atoms with Crippen LogP contribution >= 0.6 is 0 Å². The number of hydrogen-bond donors (Lipinski definition) is 2. The average molecular weight is 241 g/mol. The lowest BCUT2D eigenvalue weighted by atomic mass is 10.2. The highest BCUT2D eigenvalue weighted by Gasteiger charge is 2.32. The van der Waals surface area contributed by atoms with Crippen molar-refractivity contribution in [3.63, 3.8) is 0 Å². The quantitative estimate of drug-likeness (QED) is 0.679. The first-order valence-electron chi connectivity index (χ1n) is 5.81. The summed E-state index contributed by atoms with van der Waals surface area (Å²) < 4.78 is 0. The SMILES string of the molecule is CNC(=O)[C@@H]1CCCN1C(=O)CCNC(C)=O. The van der Waals surface area contributed by atoms with Crippen molar-refractivity contribution < 1.29 is 14.4 Å². The molecule has 6 heteroatoms. The third-order valence-electron chi connectivity index (χ3n) is 2.84. The van der Waals surface area contributed by atoms with Crippen LogP contribution in [0.2, 0.25) is 0 Å². The molecule has 0 aliphatic carbocycles. The van der Waals surface area contributed by atoms with Gasteiger partial charge in [0.25, 0.3) is 0 Å². The molecular weight excluding hydrogens is 222 g/mol. The second-order valence-corrected chi connectivity index (χ2v) is 4.09. The number of nitrogens with zero attached hydrogens (tertiary/aromatic N) is 1. The molecule has 17 heavy (non-hydrogen) atoms. The molecule has 1 rings (SSSR count). The number of hydrogen-bond acceptors (Lipinski definition) is 3. The maximum atomic E-state index is 11.9. The summed E-state index contributed by atoms with van der Waals surface area (Å²) in [6.45, 7) is 2.36. The van der Waals surface area contributed by atoms with E-state index in [2.05, 4.69) is 10.6 Å². The van der Waals surface area contributed by atoms with E-state index in [0.29, 0.717) is 19.5 Å². The zero-order valence-electron chi connectivity index (χ0n) is 10.3. The molecule has 0 spiro atoms. The molecule has 0 unspecified atom stereocenters. The topological polar surface area (TPSA) is 78.5 Å². The number of likely N-dealkylation sites (N-methyl/N-ethyl adjacent to an activating group) is 1. The molecule has 0 aromatic heterocycles. The molecule has 0 bridgehead atoms. The molecular formula is C11H19N3O3. The summed E-state index contributed by atoms with van der Waals surface area (Å²) in [6.07, 6.45) is 1.81. The molecule has 1 heterocycles. The largest absolute Gasteiger partial charge is 0.357 e. The third-order valence-corrected chi connectivity index (χ3v) is 2.84. The van der Waals surface area contributed by atoms with E-state index in [4.69, 9.17) is 0 Å². The van der Waals surface area contributed by atoms with Gasteiger partial charge in [-0.15, -0.1) is 0 Å². The summed E-state index contributed by atoms with van der Waals surface area (Å²) in [7, 11) is 1.57. The van der Waals surface area contributed by atoms with Gasteiger partial charge in [0.05, 0.1) is 0 Å². The van der Waals surface area contributed by atoms with Gasteiger partial charge >= 0.3 is 0 Å². The average Bonchev–Trinajstić information content (AvgIpc) is 2.76. The summed E-state index contributed by atoms with van der Waals surface area (Å²) in [5.74, 6) is -0.345. The highest BCUT2D eigenvalue weighted by atomic mass is 16.2. The van der Waals surface area contributed by atoms with Gasteiger partial charge in [-0.25, -0.2) is 0 Å². The number of likely N-dealkylation sites (tertiary alicyclic amines) is 1. The van der Waals surface area contributed by atoms with Crippen LogP contribution in [0.3, 0.4) is 0 Å². The van der Waals surface area contributed by atoms with E-state index < -0.39 is 0 Å². The fraction of sp³-hybridized carbons (Fsp3) is 0.727. The van der Waals surface area contributed by atoms with Gasteiger partial charge in [-0.1, -0.05) is 0 Å². The molecule has 2 N–H and O–H groups in total. The minimum Gasteiger partial charge on any atom is -0.357 e. The monoisotopic (exact) mass is 241 g/mol. The molecule has 96 valence electrons. The van der Waals surface area contributed by atoms with Crippen LogP contribution in [0.4, 0.5) is 0 Å². The van der Waals surface area contributed by atoms with Gasteiger partial charge in [-0.2, -0.15) is 0 Å². The predicted octanol–water partition coefficient (Wildman–Crippen LogP) is -0.750. The van der Waals surface area contributed by atoms with Crippen molar-refractivity contribution in [3.8, 4) is 0 Å². The maximum absolute atomic E-state index is 11.9. The van der Waals surface area contributed by atoms with Crippen molar-refractivity contribution in [3.05, 3.63) is 0 Å². The van der Waals surface area contributed by atoms with Crippen molar-refractivity contribution in [1.82, 2.24) is 15.5 Å². The van der Waals surface area contributed by atoms with Crippen molar-refractivity contribution in [2.75, 3.05) is 20.1 Å². The Balaban J connectivity index is 2.44. The van der Waals surface area contributed by atoms with Crippen LogP contribution < -0.4 is 10.6 Å². The molecule has 0 aromatic carbocycles. The highest BCUT2D eigenvalue weighted by molar-refractivity contribution is 5.88. The molecule has 0 radical (unpaired) electrons. The summed E-state index contributed by atoms with van der Waals surface area (Å²) >= 11 is 0.